The number of nitrogens with two attached hydrogens (primary N) is 1. The summed E-state index contributed by atoms with van der Waals surface area (Å²) in [5, 5.41) is 9.12. The van der Waals surface area contributed by atoms with Crippen LogP contribution in [0.2, 0.25) is 5.02 Å². The number of carbonyl (C=O) groups is 3. The third-order valence-electron chi connectivity index (χ3n) is 6.37. The summed E-state index contributed by atoms with van der Waals surface area (Å²) in [5.41, 5.74) is 9.05. The van der Waals surface area contributed by atoms with Crippen molar-refractivity contribution in [1.82, 2.24) is 16.0 Å². The molecule has 212 valence electrons. The molecule has 0 heterocycles. The molecule has 0 aliphatic rings. The molecule has 8 nitrogen and oxygen atoms in total. The summed E-state index contributed by atoms with van der Waals surface area (Å²) in [6.45, 7) is 4.73. The standard InChI is InChI=1S/C31H37ClN4O4/c1-3-29(37)35-28(18-22-11-14-25(15-12-22)40-4-2)31(39)36-27(17-21-8-6-5-7-9-21)30(38)34-20-23-10-13-24(19-33)26(32)16-23/h5-16,27-28H,3-4,17-20,33H2,1-2H3,(H,34,38)(H,35,37)(H,36,39)/t27?,28-/m1/s1. The van der Waals surface area contributed by atoms with E-state index in [-0.39, 0.29) is 37.6 Å². The van der Waals surface area contributed by atoms with Crippen molar-refractivity contribution < 1.29 is 19.1 Å². The summed E-state index contributed by atoms with van der Waals surface area (Å²) in [7, 11) is 0. The minimum absolute atomic E-state index is 0.229. The topological polar surface area (TPSA) is 123 Å². The maximum Gasteiger partial charge on any atom is 0.243 e. The van der Waals surface area contributed by atoms with Gasteiger partial charge in [-0.05, 0) is 47.4 Å². The van der Waals surface area contributed by atoms with Crippen molar-refractivity contribution in [3.05, 3.63) is 100 Å². The molecule has 0 saturated carbocycles. The Morgan fingerprint density at radius 2 is 1.45 bits per heavy atom. The van der Waals surface area contributed by atoms with E-state index in [9.17, 15) is 14.4 Å². The van der Waals surface area contributed by atoms with Crippen molar-refractivity contribution >= 4 is 29.3 Å². The van der Waals surface area contributed by atoms with Gasteiger partial charge in [0.25, 0.3) is 0 Å². The number of amides is 3. The molecule has 40 heavy (non-hydrogen) atoms. The predicted molar refractivity (Wildman–Crippen MR) is 157 cm³/mol. The maximum atomic E-state index is 13.5. The zero-order valence-corrected chi connectivity index (χ0v) is 23.7. The van der Waals surface area contributed by atoms with Crippen LogP contribution >= 0.6 is 11.6 Å². The second-order valence-corrected chi connectivity index (χ2v) is 9.76. The van der Waals surface area contributed by atoms with Gasteiger partial charge in [0.05, 0.1) is 6.61 Å². The fraction of sp³-hybridized carbons (Fsp3) is 0.323. The molecule has 0 aromatic heterocycles. The zero-order valence-electron chi connectivity index (χ0n) is 22.9. The van der Waals surface area contributed by atoms with E-state index in [4.69, 9.17) is 22.1 Å². The van der Waals surface area contributed by atoms with Gasteiger partial charge in [0.1, 0.15) is 17.8 Å². The molecule has 5 N–H and O–H groups in total. The smallest absolute Gasteiger partial charge is 0.243 e. The maximum absolute atomic E-state index is 13.5. The molecule has 0 saturated heterocycles. The second-order valence-electron chi connectivity index (χ2n) is 9.35. The van der Waals surface area contributed by atoms with Crippen molar-refractivity contribution in [3.63, 3.8) is 0 Å². The number of benzene rings is 3. The Labute approximate surface area is 240 Å². The van der Waals surface area contributed by atoms with Crippen LogP contribution in [0.5, 0.6) is 5.75 Å². The SMILES string of the molecule is CCOc1ccc(C[C@@H](NC(=O)CC)C(=O)NC(Cc2ccccc2)C(=O)NCc2ccc(CN)c(Cl)c2)cc1. The molecular formula is C31H37ClN4O4. The quantitative estimate of drug-likeness (QED) is 0.238. The van der Waals surface area contributed by atoms with Gasteiger partial charge < -0.3 is 26.4 Å². The van der Waals surface area contributed by atoms with Crippen LogP contribution in [0.4, 0.5) is 0 Å². The van der Waals surface area contributed by atoms with E-state index in [2.05, 4.69) is 16.0 Å². The van der Waals surface area contributed by atoms with E-state index in [1.807, 2.05) is 73.7 Å². The number of hydrogen-bond acceptors (Lipinski definition) is 5. The molecule has 0 spiro atoms. The van der Waals surface area contributed by atoms with Crippen molar-refractivity contribution in [2.75, 3.05) is 6.61 Å². The summed E-state index contributed by atoms with van der Waals surface area (Å²) in [6.07, 6.45) is 0.769. The molecule has 0 aliphatic carbocycles. The molecule has 0 bridgehead atoms. The van der Waals surface area contributed by atoms with Crippen molar-refractivity contribution in [2.24, 2.45) is 5.73 Å². The molecule has 2 atom stereocenters. The number of nitrogens with one attached hydrogen (secondary N) is 3. The van der Waals surface area contributed by atoms with Crippen LogP contribution < -0.4 is 26.4 Å². The molecule has 9 heteroatoms. The summed E-state index contributed by atoms with van der Waals surface area (Å²) >= 11 is 6.27. The monoisotopic (exact) mass is 564 g/mol. The van der Waals surface area contributed by atoms with Gasteiger partial charge in [0.15, 0.2) is 0 Å². The Bertz CT molecular complexity index is 1270. The second kappa shape index (κ2) is 15.6. The van der Waals surface area contributed by atoms with Gasteiger partial charge >= 0.3 is 0 Å². The van der Waals surface area contributed by atoms with Gasteiger partial charge in [-0.25, -0.2) is 0 Å². The number of hydrogen-bond donors (Lipinski definition) is 4. The van der Waals surface area contributed by atoms with Gasteiger partial charge in [-0.2, -0.15) is 0 Å². The highest BCUT2D eigenvalue weighted by Crippen LogP contribution is 2.18. The minimum atomic E-state index is -0.866. The van der Waals surface area contributed by atoms with Crippen molar-refractivity contribution in [1.29, 1.82) is 0 Å². The molecule has 3 rings (SSSR count). The lowest BCUT2D eigenvalue weighted by atomic mass is 10.0. The largest absolute Gasteiger partial charge is 0.494 e. The fourth-order valence-electron chi connectivity index (χ4n) is 4.14. The van der Waals surface area contributed by atoms with E-state index in [0.29, 0.717) is 18.2 Å². The first kappa shape index (κ1) is 30.7. The van der Waals surface area contributed by atoms with E-state index in [1.54, 1.807) is 13.0 Å². The molecule has 0 fully saturated rings. The van der Waals surface area contributed by atoms with Crippen LogP contribution in [0, 0.1) is 0 Å². The summed E-state index contributed by atoms with van der Waals surface area (Å²) in [5.74, 6) is -0.323. The zero-order chi connectivity index (χ0) is 28.9. The van der Waals surface area contributed by atoms with E-state index in [1.165, 1.54) is 0 Å². The number of halogens is 1. The van der Waals surface area contributed by atoms with E-state index >= 15 is 0 Å². The minimum Gasteiger partial charge on any atom is -0.494 e. The van der Waals surface area contributed by atoms with Gasteiger partial charge in [-0.1, -0.05) is 73.1 Å². The van der Waals surface area contributed by atoms with Crippen LogP contribution in [-0.4, -0.2) is 36.4 Å². The van der Waals surface area contributed by atoms with E-state index < -0.39 is 18.0 Å². The summed E-state index contributed by atoms with van der Waals surface area (Å²) < 4.78 is 5.50. The first-order valence-corrected chi connectivity index (χ1v) is 13.8. The van der Waals surface area contributed by atoms with Crippen LogP contribution in [0.25, 0.3) is 0 Å². The average Bonchev–Trinajstić information content (AvgIpc) is 2.96. The van der Waals surface area contributed by atoms with Gasteiger partial charge in [-0.15, -0.1) is 0 Å². The molecule has 3 amide bonds. The lowest BCUT2D eigenvalue weighted by Gasteiger charge is -2.23. The summed E-state index contributed by atoms with van der Waals surface area (Å²) in [6, 6.07) is 20.5. The van der Waals surface area contributed by atoms with Crippen LogP contribution in [0.1, 0.15) is 42.5 Å². The Kier molecular flexibility index (Phi) is 12.0. The Morgan fingerprint density at radius 1 is 0.825 bits per heavy atom. The Balaban J connectivity index is 1.76. The number of ether oxygens (including phenoxy) is 1. The van der Waals surface area contributed by atoms with Gasteiger partial charge in [0, 0.05) is 37.4 Å². The lowest BCUT2D eigenvalue weighted by Crippen LogP contribution is -2.55. The first-order valence-electron chi connectivity index (χ1n) is 13.4. The average molecular weight is 565 g/mol. The van der Waals surface area contributed by atoms with Gasteiger partial charge in [0.2, 0.25) is 17.7 Å². The molecule has 3 aromatic carbocycles. The molecule has 3 aromatic rings. The lowest BCUT2D eigenvalue weighted by molar-refractivity contribution is -0.132. The van der Waals surface area contributed by atoms with E-state index in [0.717, 1.165) is 28.0 Å². The Morgan fingerprint density at radius 3 is 2.05 bits per heavy atom. The third kappa shape index (κ3) is 9.39. The molecular weight excluding hydrogens is 528 g/mol. The predicted octanol–water partition coefficient (Wildman–Crippen LogP) is 3.68. The molecule has 1 unspecified atom stereocenters. The van der Waals surface area contributed by atoms with Crippen molar-refractivity contribution in [2.45, 2.75) is 58.3 Å². The number of rotatable bonds is 14. The summed E-state index contributed by atoms with van der Waals surface area (Å²) in [4.78, 5) is 39.1. The highest BCUT2D eigenvalue weighted by molar-refractivity contribution is 6.31. The normalized spacial score (nSPS) is 12.2. The fourth-order valence-corrected chi connectivity index (χ4v) is 4.42. The van der Waals surface area contributed by atoms with Crippen molar-refractivity contribution in [3.8, 4) is 5.75 Å². The van der Waals surface area contributed by atoms with Gasteiger partial charge in [-0.3, -0.25) is 14.4 Å². The molecule has 0 aliphatic heterocycles. The highest BCUT2D eigenvalue weighted by atomic mass is 35.5. The third-order valence-corrected chi connectivity index (χ3v) is 6.72. The van der Waals surface area contributed by atoms with Crippen LogP contribution in [-0.2, 0) is 40.3 Å². The first-order chi connectivity index (χ1) is 19.3. The number of carbonyl (C=O) groups excluding carboxylic acids is 3. The Hall–Kier alpha value is -3.88. The highest BCUT2D eigenvalue weighted by Gasteiger charge is 2.27. The van der Waals surface area contributed by atoms with Crippen LogP contribution in [0.3, 0.4) is 0 Å². The molecule has 0 radical (unpaired) electrons. The van der Waals surface area contributed by atoms with Crippen LogP contribution in [0.15, 0.2) is 72.8 Å².